The Bertz CT molecular complexity index is 300. The lowest BCUT2D eigenvalue weighted by molar-refractivity contribution is -0.120. The van der Waals surface area contributed by atoms with E-state index < -0.39 is 0 Å². The molecule has 82 valence electrons. The number of nitrogens with zero attached hydrogens (tertiary/aromatic N) is 2. The Hall–Kier alpha value is -1.49. The van der Waals surface area contributed by atoms with Gasteiger partial charge in [-0.05, 0) is 12.1 Å². The highest BCUT2D eigenvalue weighted by atomic mass is 16.1. The number of hydrogen-bond donors (Lipinski definition) is 2. The van der Waals surface area contributed by atoms with Crippen molar-refractivity contribution in [2.45, 2.75) is 26.4 Å². The van der Waals surface area contributed by atoms with Crippen molar-refractivity contribution < 1.29 is 4.79 Å². The van der Waals surface area contributed by atoms with E-state index in [-0.39, 0.29) is 5.91 Å². The average Bonchev–Trinajstić information content (AvgIpc) is 2.25. The maximum absolute atomic E-state index is 11.3. The van der Waals surface area contributed by atoms with E-state index in [9.17, 15) is 4.79 Å². The van der Waals surface area contributed by atoms with Crippen LogP contribution in [0, 0.1) is 0 Å². The minimum absolute atomic E-state index is 0.0330. The molecule has 0 fully saturated rings. The van der Waals surface area contributed by atoms with E-state index in [0.29, 0.717) is 19.1 Å². The van der Waals surface area contributed by atoms with Crippen LogP contribution in [0.1, 0.15) is 19.5 Å². The fraction of sp³-hybridized carbons (Fsp3) is 0.500. The molecule has 1 aromatic heterocycles. The van der Waals surface area contributed by atoms with Crippen molar-refractivity contribution in [2.24, 2.45) is 0 Å². The number of aromatic nitrogens is 2. The minimum atomic E-state index is -0.0330. The smallest absolute Gasteiger partial charge is 0.234 e. The summed E-state index contributed by atoms with van der Waals surface area (Å²) in [5.41, 5.74) is 0.760. The largest absolute Gasteiger partial charge is 0.349 e. The summed E-state index contributed by atoms with van der Waals surface area (Å²) in [6.07, 6.45) is 1.60. The zero-order valence-electron chi connectivity index (χ0n) is 9.03. The Morgan fingerprint density at radius 2 is 2.33 bits per heavy atom. The summed E-state index contributed by atoms with van der Waals surface area (Å²) >= 11 is 0. The summed E-state index contributed by atoms with van der Waals surface area (Å²) < 4.78 is 0. The van der Waals surface area contributed by atoms with E-state index in [1.165, 1.54) is 0 Å². The van der Waals surface area contributed by atoms with Gasteiger partial charge in [0.1, 0.15) is 0 Å². The zero-order valence-corrected chi connectivity index (χ0v) is 9.03. The first-order valence-electron chi connectivity index (χ1n) is 4.95. The van der Waals surface area contributed by atoms with Crippen LogP contribution in [0.4, 0.5) is 0 Å². The highest BCUT2D eigenvalue weighted by molar-refractivity contribution is 5.77. The molecule has 2 N–H and O–H groups in total. The van der Waals surface area contributed by atoms with Crippen LogP contribution in [0.15, 0.2) is 18.3 Å². The Labute approximate surface area is 89.3 Å². The van der Waals surface area contributed by atoms with Crippen LogP contribution in [0.3, 0.4) is 0 Å². The van der Waals surface area contributed by atoms with Gasteiger partial charge in [0.15, 0.2) is 0 Å². The number of hydrogen-bond acceptors (Lipinski definition) is 4. The number of nitrogens with one attached hydrogen (secondary N) is 2. The molecule has 1 amide bonds. The van der Waals surface area contributed by atoms with Crippen LogP contribution < -0.4 is 10.6 Å². The van der Waals surface area contributed by atoms with Crippen molar-refractivity contribution in [2.75, 3.05) is 6.54 Å². The molecule has 0 aliphatic carbocycles. The fourth-order valence-corrected chi connectivity index (χ4v) is 0.976. The quantitative estimate of drug-likeness (QED) is 0.719. The molecule has 0 spiro atoms. The molecule has 0 atom stereocenters. The molecule has 0 bridgehead atoms. The third-order valence-electron chi connectivity index (χ3n) is 1.77. The van der Waals surface area contributed by atoms with E-state index in [0.717, 1.165) is 5.69 Å². The van der Waals surface area contributed by atoms with Crippen molar-refractivity contribution in [1.82, 2.24) is 20.8 Å². The second kappa shape index (κ2) is 6.08. The monoisotopic (exact) mass is 208 g/mol. The van der Waals surface area contributed by atoms with Gasteiger partial charge in [0.05, 0.1) is 18.8 Å². The van der Waals surface area contributed by atoms with Crippen LogP contribution in [0.5, 0.6) is 0 Å². The van der Waals surface area contributed by atoms with Crippen molar-refractivity contribution in [3.05, 3.63) is 24.0 Å². The summed E-state index contributed by atoms with van der Waals surface area (Å²) in [6, 6.07) is 3.93. The van der Waals surface area contributed by atoms with Crippen molar-refractivity contribution in [3.63, 3.8) is 0 Å². The first kappa shape index (κ1) is 11.6. The number of carbonyl (C=O) groups excluding carboxylic acids is 1. The van der Waals surface area contributed by atoms with Gasteiger partial charge in [-0.15, -0.1) is 0 Å². The van der Waals surface area contributed by atoms with Gasteiger partial charge in [-0.25, -0.2) is 0 Å². The molecule has 1 rings (SSSR count). The first-order chi connectivity index (χ1) is 7.18. The summed E-state index contributed by atoms with van der Waals surface area (Å²) in [5, 5.41) is 13.4. The topological polar surface area (TPSA) is 66.9 Å². The number of carbonyl (C=O) groups is 1. The van der Waals surface area contributed by atoms with E-state index in [1.54, 1.807) is 12.3 Å². The van der Waals surface area contributed by atoms with Crippen molar-refractivity contribution in [3.8, 4) is 0 Å². The third-order valence-corrected chi connectivity index (χ3v) is 1.77. The van der Waals surface area contributed by atoms with Gasteiger partial charge in [-0.2, -0.15) is 10.2 Å². The second-order valence-electron chi connectivity index (χ2n) is 3.53. The highest BCUT2D eigenvalue weighted by Gasteiger charge is 2.02. The lowest BCUT2D eigenvalue weighted by atomic mass is 10.3. The summed E-state index contributed by atoms with van der Waals surface area (Å²) in [5.74, 6) is -0.0330. The molecule has 0 saturated heterocycles. The van der Waals surface area contributed by atoms with Gasteiger partial charge in [-0.1, -0.05) is 13.8 Å². The summed E-state index contributed by atoms with van der Waals surface area (Å²) in [4.78, 5) is 11.3. The lowest BCUT2D eigenvalue weighted by Gasteiger charge is -2.08. The Morgan fingerprint density at radius 1 is 1.53 bits per heavy atom. The van der Waals surface area contributed by atoms with Crippen LogP contribution in [0.2, 0.25) is 0 Å². The summed E-state index contributed by atoms with van der Waals surface area (Å²) in [7, 11) is 0. The van der Waals surface area contributed by atoms with Crippen LogP contribution in [-0.2, 0) is 11.3 Å². The molecule has 1 aromatic rings. The van der Waals surface area contributed by atoms with E-state index in [1.807, 2.05) is 19.9 Å². The molecule has 5 nitrogen and oxygen atoms in total. The Balaban J connectivity index is 2.23. The molecule has 0 unspecified atom stereocenters. The van der Waals surface area contributed by atoms with Gasteiger partial charge < -0.3 is 10.6 Å². The average molecular weight is 208 g/mol. The predicted octanol–water partition coefficient (Wildman–Crippen LogP) is 0.0908. The summed E-state index contributed by atoms with van der Waals surface area (Å²) in [6.45, 7) is 4.75. The molecule has 0 aromatic carbocycles. The molecular weight excluding hydrogens is 192 g/mol. The molecule has 15 heavy (non-hydrogen) atoms. The van der Waals surface area contributed by atoms with Crippen molar-refractivity contribution in [1.29, 1.82) is 0 Å². The van der Waals surface area contributed by atoms with E-state index >= 15 is 0 Å². The van der Waals surface area contributed by atoms with Crippen LogP contribution >= 0.6 is 0 Å². The fourth-order valence-electron chi connectivity index (χ4n) is 0.976. The Morgan fingerprint density at radius 3 is 2.93 bits per heavy atom. The minimum Gasteiger partial charge on any atom is -0.349 e. The maximum Gasteiger partial charge on any atom is 0.234 e. The second-order valence-corrected chi connectivity index (χ2v) is 3.53. The molecule has 0 radical (unpaired) electrons. The maximum atomic E-state index is 11.3. The van der Waals surface area contributed by atoms with Gasteiger partial charge in [0.25, 0.3) is 0 Å². The molecule has 0 saturated carbocycles. The van der Waals surface area contributed by atoms with Crippen molar-refractivity contribution >= 4 is 5.91 Å². The third kappa shape index (κ3) is 5.07. The normalized spacial score (nSPS) is 10.3. The molecule has 0 aliphatic heterocycles. The van der Waals surface area contributed by atoms with Gasteiger partial charge in [0, 0.05) is 12.2 Å². The predicted molar refractivity (Wildman–Crippen MR) is 57.0 cm³/mol. The zero-order chi connectivity index (χ0) is 11.1. The molecular formula is C10H16N4O. The number of rotatable bonds is 5. The van der Waals surface area contributed by atoms with Gasteiger partial charge >= 0.3 is 0 Å². The van der Waals surface area contributed by atoms with Gasteiger partial charge in [0.2, 0.25) is 5.91 Å². The van der Waals surface area contributed by atoms with Crippen LogP contribution in [0.25, 0.3) is 0 Å². The first-order valence-corrected chi connectivity index (χ1v) is 4.95. The number of amides is 1. The Kier molecular flexibility index (Phi) is 4.70. The lowest BCUT2D eigenvalue weighted by Crippen LogP contribution is -2.36. The molecule has 0 aliphatic rings. The molecule has 5 heteroatoms. The van der Waals surface area contributed by atoms with E-state index in [4.69, 9.17) is 0 Å². The van der Waals surface area contributed by atoms with Gasteiger partial charge in [-0.3, -0.25) is 4.79 Å². The molecule has 1 heterocycles. The van der Waals surface area contributed by atoms with E-state index in [2.05, 4.69) is 20.8 Å². The highest BCUT2D eigenvalue weighted by Crippen LogP contribution is 1.89. The standard InChI is InChI=1S/C10H16N4O/c1-8(2)11-7-10(15)12-6-9-4-3-5-13-14-9/h3-5,8,11H,6-7H2,1-2H3,(H,12,15). The SMILES string of the molecule is CC(C)NCC(=O)NCc1cccnn1. The van der Waals surface area contributed by atoms with Crippen LogP contribution in [-0.4, -0.2) is 28.7 Å².